The van der Waals surface area contributed by atoms with Gasteiger partial charge in [-0.3, -0.25) is 19.6 Å². The molecule has 3 aromatic carbocycles. The van der Waals surface area contributed by atoms with Gasteiger partial charge in [0, 0.05) is 41.7 Å². The number of piperazine rings is 1. The number of pyridine rings is 1. The Balaban J connectivity index is 1.33. The van der Waals surface area contributed by atoms with Gasteiger partial charge in [0.15, 0.2) is 0 Å². The molecule has 0 aliphatic carbocycles. The first-order valence-corrected chi connectivity index (χ1v) is 14.9. The fourth-order valence-electron chi connectivity index (χ4n) is 6.04. The minimum Gasteiger partial charge on any atom is -0.333 e. The number of aromatic nitrogens is 1. The number of fused-ring (bicyclic) bond motifs is 2. The van der Waals surface area contributed by atoms with Gasteiger partial charge in [-0.05, 0) is 23.3 Å². The Morgan fingerprint density at radius 3 is 2.45 bits per heavy atom. The predicted molar refractivity (Wildman–Crippen MR) is 169 cm³/mol. The molecule has 1 aromatic heterocycles. The number of rotatable bonds is 9. The lowest BCUT2D eigenvalue weighted by Crippen LogP contribution is -2.66. The highest BCUT2D eigenvalue weighted by Crippen LogP contribution is 2.32. The van der Waals surface area contributed by atoms with Crippen LogP contribution in [-0.2, 0) is 29.1 Å². The monoisotopic (exact) mass is 608 g/mol. The summed E-state index contributed by atoms with van der Waals surface area (Å²) in [6.45, 7) is 4.74. The van der Waals surface area contributed by atoms with Crippen LogP contribution in [-0.4, -0.2) is 74.5 Å². The number of amides is 4. The van der Waals surface area contributed by atoms with Crippen LogP contribution in [0.3, 0.4) is 0 Å². The summed E-state index contributed by atoms with van der Waals surface area (Å²) < 4.78 is 0. The lowest BCUT2D eigenvalue weighted by molar-refractivity contribution is -0.157. The zero-order valence-corrected chi connectivity index (χ0v) is 24.9. The molecule has 0 bridgehead atoms. The number of nitrogens with zero attached hydrogens (tertiary/aromatic N) is 5. The smallest absolute Gasteiger partial charge is 0.332 e. The van der Waals surface area contributed by atoms with E-state index in [2.05, 4.69) is 16.9 Å². The van der Waals surface area contributed by atoms with Crippen LogP contribution >= 0.6 is 11.6 Å². The number of carbonyl (C=O) groups excluding carboxylic acids is 3. The number of hydrazine groups is 1. The summed E-state index contributed by atoms with van der Waals surface area (Å²) in [6.07, 6.45) is 3.11. The number of nitrogens with one attached hydrogen (secondary N) is 1. The first-order valence-electron chi connectivity index (χ1n) is 14.6. The molecule has 4 aromatic rings. The molecule has 3 heterocycles. The molecule has 0 spiro atoms. The van der Waals surface area contributed by atoms with E-state index in [1.54, 1.807) is 27.1 Å². The first kappa shape index (κ1) is 29.3. The quantitative estimate of drug-likeness (QED) is 0.280. The lowest BCUT2D eigenvalue weighted by Gasteiger charge is -2.46. The van der Waals surface area contributed by atoms with Gasteiger partial charge in [0.2, 0.25) is 11.8 Å². The van der Waals surface area contributed by atoms with E-state index in [0.29, 0.717) is 18.0 Å². The lowest BCUT2D eigenvalue weighted by atomic mass is 9.99. The van der Waals surface area contributed by atoms with Crippen molar-refractivity contribution in [2.75, 3.05) is 19.6 Å². The Morgan fingerprint density at radius 2 is 1.73 bits per heavy atom. The highest BCUT2D eigenvalue weighted by Gasteiger charge is 2.52. The number of hydrogen-bond donors (Lipinski definition) is 1. The van der Waals surface area contributed by atoms with E-state index in [-0.39, 0.29) is 44.0 Å². The molecular formula is C34H33ClN6O3. The normalized spacial score (nSPS) is 18.4. The molecule has 10 heteroatoms. The molecule has 2 fully saturated rings. The number of urea groups is 1. The van der Waals surface area contributed by atoms with Crippen molar-refractivity contribution in [2.24, 2.45) is 0 Å². The summed E-state index contributed by atoms with van der Waals surface area (Å²) in [5.74, 6) is -0.383. The van der Waals surface area contributed by atoms with Crippen LogP contribution in [0.25, 0.3) is 10.9 Å². The second-order valence-corrected chi connectivity index (χ2v) is 11.3. The van der Waals surface area contributed by atoms with Gasteiger partial charge in [0.1, 0.15) is 12.2 Å². The third-order valence-electron chi connectivity index (χ3n) is 8.14. The van der Waals surface area contributed by atoms with Crippen LogP contribution in [0.1, 0.15) is 16.7 Å². The molecule has 0 radical (unpaired) electrons. The van der Waals surface area contributed by atoms with E-state index >= 15 is 0 Å². The van der Waals surface area contributed by atoms with Crippen LogP contribution in [0, 0.1) is 0 Å². The zero-order valence-electron chi connectivity index (χ0n) is 24.2. The maximum atomic E-state index is 14.2. The maximum Gasteiger partial charge on any atom is 0.332 e. The largest absolute Gasteiger partial charge is 0.333 e. The highest BCUT2D eigenvalue weighted by molar-refractivity contribution is 6.32. The van der Waals surface area contributed by atoms with E-state index in [1.165, 1.54) is 5.01 Å². The van der Waals surface area contributed by atoms with Gasteiger partial charge >= 0.3 is 6.03 Å². The van der Waals surface area contributed by atoms with Crippen molar-refractivity contribution in [1.29, 1.82) is 0 Å². The zero-order chi connectivity index (χ0) is 30.6. The van der Waals surface area contributed by atoms with Gasteiger partial charge in [-0.15, -0.1) is 6.58 Å². The van der Waals surface area contributed by atoms with Gasteiger partial charge in [-0.25, -0.2) is 4.79 Å². The molecule has 44 heavy (non-hydrogen) atoms. The average Bonchev–Trinajstić information content (AvgIpc) is 3.37. The molecule has 2 saturated heterocycles. The summed E-state index contributed by atoms with van der Waals surface area (Å²) in [5, 5.41) is 7.67. The number of halogens is 1. The second kappa shape index (κ2) is 12.9. The molecule has 2 aliphatic rings. The third-order valence-corrected chi connectivity index (χ3v) is 8.50. The molecule has 9 nitrogen and oxygen atoms in total. The first-order chi connectivity index (χ1) is 21.4. The van der Waals surface area contributed by atoms with Crippen molar-refractivity contribution in [2.45, 2.75) is 31.7 Å². The van der Waals surface area contributed by atoms with Crippen LogP contribution in [0.2, 0.25) is 5.02 Å². The third kappa shape index (κ3) is 5.89. The van der Waals surface area contributed by atoms with Crippen LogP contribution in [0.4, 0.5) is 4.79 Å². The maximum absolute atomic E-state index is 14.2. The molecule has 0 unspecified atom stereocenters. The van der Waals surface area contributed by atoms with Crippen molar-refractivity contribution < 1.29 is 14.4 Å². The number of benzene rings is 3. The molecule has 0 saturated carbocycles. The van der Waals surface area contributed by atoms with Crippen molar-refractivity contribution in [3.63, 3.8) is 0 Å². The molecule has 4 amide bonds. The molecule has 2 atom stereocenters. The van der Waals surface area contributed by atoms with Gasteiger partial charge in [-0.2, -0.15) is 5.01 Å². The fourth-order valence-corrected chi connectivity index (χ4v) is 6.25. The molecule has 2 aliphatic heterocycles. The Hall–Kier alpha value is -4.73. The summed E-state index contributed by atoms with van der Waals surface area (Å²) in [5.41, 5.74) is 3.36. The van der Waals surface area contributed by atoms with Crippen molar-refractivity contribution >= 4 is 40.3 Å². The van der Waals surface area contributed by atoms with E-state index < -0.39 is 12.2 Å². The SMILES string of the molecule is C=CCN(C(=O)NCc1ccccc1)N1CC(=O)N2[C@@H](Cc3ccccc3)C(=O)N(Cc3c(Cl)ccc4cccnc34)C[C@@H]21. The van der Waals surface area contributed by atoms with E-state index in [4.69, 9.17) is 11.6 Å². The summed E-state index contributed by atoms with van der Waals surface area (Å²) in [4.78, 5) is 49.4. The van der Waals surface area contributed by atoms with E-state index in [1.807, 2.05) is 84.9 Å². The van der Waals surface area contributed by atoms with Crippen molar-refractivity contribution in [3.8, 4) is 0 Å². The summed E-state index contributed by atoms with van der Waals surface area (Å²) >= 11 is 6.69. The summed E-state index contributed by atoms with van der Waals surface area (Å²) in [7, 11) is 0. The molecule has 6 rings (SSSR count). The highest BCUT2D eigenvalue weighted by atomic mass is 35.5. The van der Waals surface area contributed by atoms with Crippen LogP contribution in [0.15, 0.2) is 104 Å². The predicted octanol–water partition coefficient (Wildman–Crippen LogP) is 4.62. The van der Waals surface area contributed by atoms with Gasteiger partial charge < -0.3 is 15.1 Å². The minimum absolute atomic E-state index is 0.0414. The standard InChI is InChI=1S/C34H33ClN6O3/c1-2-18-39(34(44)37-20-25-12-7-4-8-13-25)40-23-31(42)41-29(19-24-10-5-3-6-11-24)33(43)38(22-30(40)41)21-27-28(35)16-15-26-14-9-17-36-32(26)27/h2-17,29-30H,1,18-23H2,(H,37,44)/t29-,30+/m0/s1. The number of carbonyl (C=O) groups is 3. The molecular weight excluding hydrogens is 576 g/mol. The van der Waals surface area contributed by atoms with E-state index in [9.17, 15) is 14.4 Å². The minimum atomic E-state index is -0.756. The van der Waals surface area contributed by atoms with Crippen molar-refractivity contribution in [1.82, 2.24) is 30.1 Å². The Morgan fingerprint density at radius 1 is 1.00 bits per heavy atom. The molecule has 224 valence electrons. The summed E-state index contributed by atoms with van der Waals surface area (Å²) in [6, 6.07) is 25.7. The average molecular weight is 609 g/mol. The van der Waals surface area contributed by atoms with E-state index in [0.717, 1.165) is 27.6 Å². The van der Waals surface area contributed by atoms with Gasteiger partial charge in [-0.1, -0.05) is 90.5 Å². The Labute approximate surface area is 261 Å². The Bertz CT molecular complexity index is 1680. The van der Waals surface area contributed by atoms with Crippen LogP contribution in [0.5, 0.6) is 0 Å². The Kier molecular flexibility index (Phi) is 8.58. The molecule has 1 N–H and O–H groups in total. The van der Waals surface area contributed by atoms with Gasteiger partial charge in [0.05, 0.1) is 25.2 Å². The van der Waals surface area contributed by atoms with Gasteiger partial charge in [0.25, 0.3) is 0 Å². The fraction of sp³-hybridized carbons (Fsp3) is 0.235. The van der Waals surface area contributed by atoms with Crippen LogP contribution < -0.4 is 5.32 Å². The second-order valence-electron chi connectivity index (χ2n) is 10.9. The topological polar surface area (TPSA) is 89.1 Å². The number of hydrogen-bond acceptors (Lipinski definition) is 5. The van der Waals surface area contributed by atoms with Crippen molar-refractivity contribution in [3.05, 3.63) is 125 Å².